The van der Waals surface area contributed by atoms with Crippen LogP contribution in [-0.4, -0.2) is 11.1 Å². The van der Waals surface area contributed by atoms with Crippen LogP contribution >= 0.6 is 0 Å². The molecule has 2 rings (SSSR count). The maximum Gasteiger partial charge on any atom is 0.417 e. The van der Waals surface area contributed by atoms with Crippen LogP contribution in [0.5, 0.6) is 0 Å². The first-order valence-electron chi connectivity index (χ1n) is 6.13. The number of nitrogens with one attached hydrogen (secondary N) is 1. The van der Waals surface area contributed by atoms with Gasteiger partial charge in [-0.3, -0.25) is 4.79 Å². The lowest BCUT2D eigenvalue weighted by Crippen LogP contribution is -2.24. The highest BCUT2D eigenvalue weighted by atomic mass is 19.4. The minimum atomic E-state index is -4.49. The Labute approximate surface area is 117 Å². The van der Waals surface area contributed by atoms with Gasteiger partial charge in [-0.25, -0.2) is 4.39 Å². The van der Waals surface area contributed by atoms with Crippen LogP contribution in [0.15, 0.2) is 47.4 Å². The van der Waals surface area contributed by atoms with Crippen molar-refractivity contribution in [3.63, 3.8) is 0 Å². The molecule has 2 aromatic rings. The molecule has 0 aliphatic carbocycles. The molecular formula is C14H12F4N2O. The van der Waals surface area contributed by atoms with E-state index in [1.807, 2.05) is 0 Å². The van der Waals surface area contributed by atoms with E-state index >= 15 is 0 Å². The fourth-order valence-corrected chi connectivity index (χ4v) is 1.76. The van der Waals surface area contributed by atoms with Gasteiger partial charge in [-0.1, -0.05) is 0 Å². The first-order chi connectivity index (χ1) is 9.86. The van der Waals surface area contributed by atoms with Crippen molar-refractivity contribution in [3.05, 3.63) is 64.3 Å². The highest BCUT2D eigenvalue weighted by Gasteiger charge is 2.30. The van der Waals surface area contributed by atoms with Gasteiger partial charge in [0, 0.05) is 31.0 Å². The molecular weight excluding hydrogens is 288 g/mol. The topological polar surface area (TPSA) is 34.0 Å². The number of aromatic nitrogens is 1. The van der Waals surface area contributed by atoms with E-state index in [1.165, 1.54) is 24.3 Å². The molecule has 0 spiro atoms. The second kappa shape index (κ2) is 5.99. The molecule has 1 N–H and O–H groups in total. The van der Waals surface area contributed by atoms with Crippen LogP contribution in [0, 0.1) is 5.82 Å². The van der Waals surface area contributed by atoms with Crippen molar-refractivity contribution in [1.82, 2.24) is 4.57 Å². The minimum Gasteiger partial charge on any atom is -0.383 e. The van der Waals surface area contributed by atoms with Gasteiger partial charge in [0.15, 0.2) is 0 Å². The van der Waals surface area contributed by atoms with Crippen LogP contribution in [0.2, 0.25) is 0 Å². The van der Waals surface area contributed by atoms with Gasteiger partial charge in [-0.2, -0.15) is 13.2 Å². The molecule has 0 saturated carbocycles. The van der Waals surface area contributed by atoms with Crippen LogP contribution < -0.4 is 10.9 Å². The van der Waals surface area contributed by atoms with E-state index in [0.29, 0.717) is 5.69 Å². The normalized spacial score (nSPS) is 11.4. The zero-order chi connectivity index (χ0) is 15.5. The molecule has 21 heavy (non-hydrogen) atoms. The third-order valence-electron chi connectivity index (χ3n) is 2.84. The first-order valence-corrected chi connectivity index (χ1v) is 6.13. The largest absolute Gasteiger partial charge is 0.417 e. The van der Waals surface area contributed by atoms with Crippen LogP contribution in [-0.2, 0) is 12.7 Å². The van der Waals surface area contributed by atoms with E-state index in [4.69, 9.17) is 0 Å². The van der Waals surface area contributed by atoms with E-state index in [1.54, 1.807) is 0 Å². The predicted octanol–water partition coefficient (Wildman–Crippen LogP) is 3.12. The van der Waals surface area contributed by atoms with Gasteiger partial charge in [0.25, 0.3) is 5.56 Å². The van der Waals surface area contributed by atoms with E-state index < -0.39 is 17.3 Å². The van der Waals surface area contributed by atoms with Crippen molar-refractivity contribution >= 4 is 5.69 Å². The fourth-order valence-electron chi connectivity index (χ4n) is 1.76. The van der Waals surface area contributed by atoms with E-state index in [-0.39, 0.29) is 18.9 Å². The van der Waals surface area contributed by atoms with Crippen molar-refractivity contribution in [3.8, 4) is 0 Å². The Morgan fingerprint density at radius 1 is 1.05 bits per heavy atom. The number of alkyl halides is 3. The number of halogens is 4. The molecule has 0 atom stereocenters. The van der Waals surface area contributed by atoms with Gasteiger partial charge in [-0.05, 0) is 30.3 Å². The SMILES string of the molecule is O=c1ccc(C(F)(F)F)cn1CCNc1ccc(F)cc1. The summed E-state index contributed by atoms with van der Waals surface area (Å²) in [6.07, 6.45) is -3.70. The predicted molar refractivity (Wildman–Crippen MR) is 70.6 cm³/mol. The maximum atomic E-state index is 12.7. The van der Waals surface area contributed by atoms with Gasteiger partial charge in [0.05, 0.1) is 5.56 Å². The zero-order valence-electron chi connectivity index (χ0n) is 10.8. The molecule has 1 heterocycles. The van der Waals surface area contributed by atoms with Gasteiger partial charge < -0.3 is 9.88 Å². The third kappa shape index (κ3) is 4.08. The zero-order valence-corrected chi connectivity index (χ0v) is 10.8. The average molecular weight is 300 g/mol. The molecule has 1 aromatic heterocycles. The second-order valence-electron chi connectivity index (χ2n) is 4.38. The number of rotatable bonds is 4. The van der Waals surface area contributed by atoms with E-state index in [0.717, 1.165) is 22.9 Å². The molecule has 0 saturated heterocycles. The number of pyridine rings is 1. The number of benzene rings is 1. The fraction of sp³-hybridized carbons (Fsp3) is 0.214. The van der Waals surface area contributed by atoms with Gasteiger partial charge in [0.1, 0.15) is 5.82 Å². The summed E-state index contributed by atoms with van der Waals surface area (Å²) in [4.78, 5) is 11.5. The van der Waals surface area contributed by atoms with Gasteiger partial charge in [-0.15, -0.1) is 0 Å². The Hall–Kier alpha value is -2.31. The Balaban J connectivity index is 2.03. The third-order valence-corrected chi connectivity index (χ3v) is 2.84. The number of hydrogen-bond acceptors (Lipinski definition) is 2. The second-order valence-corrected chi connectivity index (χ2v) is 4.38. The lowest BCUT2D eigenvalue weighted by molar-refractivity contribution is -0.138. The molecule has 0 fully saturated rings. The summed E-state index contributed by atoms with van der Waals surface area (Å²) >= 11 is 0. The summed E-state index contributed by atoms with van der Waals surface area (Å²) in [5, 5.41) is 2.90. The number of nitrogens with zero attached hydrogens (tertiary/aromatic N) is 1. The summed E-state index contributed by atoms with van der Waals surface area (Å²) in [6, 6.07) is 7.18. The van der Waals surface area contributed by atoms with Crippen LogP contribution in [0.4, 0.5) is 23.2 Å². The Kier molecular flexibility index (Phi) is 4.30. The Morgan fingerprint density at radius 2 is 1.71 bits per heavy atom. The summed E-state index contributed by atoms with van der Waals surface area (Å²) < 4.78 is 51.4. The lowest BCUT2D eigenvalue weighted by Gasteiger charge is -2.11. The smallest absolute Gasteiger partial charge is 0.383 e. The van der Waals surface area contributed by atoms with Crippen LogP contribution in [0.25, 0.3) is 0 Å². The molecule has 3 nitrogen and oxygen atoms in total. The summed E-state index contributed by atoms with van der Waals surface area (Å²) in [7, 11) is 0. The molecule has 7 heteroatoms. The van der Waals surface area contributed by atoms with Crippen molar-refractivity contribution in [2.45, 2.75) is 12.7 Å². The van der Waals surface area contributed by atoms with Gasteiger partial charge >= 0.3 is 6.18 Å². The molecule has 0 bridgehead atoms. The molecule has 0 radical (unpaired) electrons. The average Bonchev–Trinajstić information content (AvgIpc) is 2.42. The van der Waals surface area contributed by atoms with Crippen molar-refractivity contribution in [2.75, 3.05) is 11.9 Å². The highest BCUT2D eigenvalue weighted by molar-refractivity contribution is 5.42. The van der Waals surface area contributed by atoms with Crippen molar-refractivity contribution in [2.24, 2.45) is 0 Å². The Morgan fingerprint density at radius 3 is 2.33 bits per heavy atom. The van der Waals surface area contributed by atoms with E-state index in [2.05, 4.69) is 5.32 Å². The molecule has 112 valence electrons. The quantitative estimate of drug-likeness (QED) is 0.880. The summed E-state index contributed by atoms with van der Waals surface area (Å²) in [6.45, 7) is 0.312. The number of hydrogen-bond donors (Lipinski definition) is 1. The Bertz CT molecular complexity index is 662. The minimum absolute atomic E-state index is 0.0696. The molecule has 0 unspecified atom stereocenters. The lowest BCUT2D eigenvalue weighted by atomic mass is 10.2. The van der Waals surface area contributed by atoms with E-state index in [9.17, 15) is 22.4 Å². The number of anilines is 1. The van der Waals surface area contributed by atoms with Gasteiger partial charge in [0.2, 0.25) is 0 Å². The monoisotopic (exact) mass is 300 g/mol. The molecule has 1 aromatic carbocycles. The molecule has 0 amide bonds. The standard InChI is InChI=1S/C14H12F4N2O/c15-11-2-4-12(5-3-11)19-7-8-20-9-10(14(16,17)18)1-6-13(20)21/h1-6,9,19H,7-8H2. The summed E-state index contributed by atoms with van der Waals surface area (Å²) in [5.41, 5.74) is -0.760. The van der Waals surface area contributed by atoms with Crippen LogP contribution in [0.3, 0.4) is 0 Å². The first kappa shape index (κ1) is 15.1. The summed E-state index contributed by atoms with van der Waals surface area (Å²) in [5.74, 6) is -0.380. The van der Waals surface area contributed by atoms with Crippen LogP contribution in [0.1, 0.15) is 5.56 Å². The highest BCUT2D eigenvalue weighted by Crippen LogP contribution is 2.27. The molecule has 0 aliphatic rings. The molecule has 0 aliphatic heterocycles. The maximum absolute atomic E-state index is 12.7. The van der Waals surface area contributed by atoms with Crippen molar-refractivity contribution < 1.29 is 17.6 Å². The van der Waals surface area contributed by atoms with Crippen molar-refractivity contribution in [1.29, 1.82) is 0 Å².